The molecule has 1 aliphatic heterocycles. The van der Waals surface area contributed by atoms with E-state index in [1.165, 1.54) is 6.92 Å². The number of carboxylic acid groups (broad SMARTS) is 1. The summed E-state index contributed by atoms with van der Waals surface area (Å²) in [5.41, 5.74) is 0. The molecule has 1 fully saturated rings. The second-order valence-electron chi connectivity index (χ2n) is 5.65. The van der Waals surface area contributed by atoms with Gasteiger partial charge in [-0.05, 0) is 32.1 Å². The number of carbonyl (C=O) groups excluding carboxylic acids is 2. The Morgan fingerprint density at radius 1 is 1.29 bits per heavy atom. The Bertz CT molecular complexity index is 378. The van der Waals surface area contributed by atoms with Crippen molar-refractivity contribution < 1.29 is 19.5 Å². The molecule has 0 aromatic rings. The summed E-state index contributed by atoms with van der Waals surface area (Å²) in [4.78, 5) is 35.1. The molecule has 0 radical (unpaired) electrons. The van der Waals surface area contributed by atoms with Crippen LogP contribution in [-0.4, -0.2) is 53.6 Å². The van der Waals surface area contributed by atoms with Gasteiger partial charge in [0, 0.05) is 39.0 Å². The van der Waals surface area contributed by atoms with Crippen LogP contribution in [0.2, 0.25) is 0 Å². The molecule has 0 aromatic carbocycles. The van der Waals surface area contributed by atoms with Crippen molar-refractivity contribution in [1.82, 2.24) is 15.5 Å². The zero-order valence-electron chi connectivity index (χ0n) is 12.7. The van der Waals surface area contributed by atoms with Crippen molar-refractivity contribution in [3.8, 4) is 0 Å². The average Bonchev–Trinajstić information content (AvgIpc) is 2.43. The number of piperidine rings is 1. The summed E-state index contributed by atoms with van der Waals surface area (Å²) in [5.74, 6) is -0.459. The van der Waals surface area contributed by atoms with E-state index in [2.05, 4.69) is 10.6 Å². The summed E-state index contributed by atoms with van der Waals surface area (Å²) in [5, 5.41) is 14.2. The van der Waals surface area contributed by atoms with Crippen molar-refractivity contribution in [2.45, 2.75) is 45.6 Å². The number of aliphatic carboxylic acids is 1. The van der Waals surface area contributed by atoms with Gasteiger partial charge in [0.25, 0.3) is 0 Å². The van der Waals surface area contributed by atoms with Crippen molar-refractivity contribution in [1.29, 1.82) is 0 Å². The molecule has 1 aliphatic rings. The highest BCUT2D eigenvalue weighted by atomic mass is 16.4. The van der Waals surface area contributed by atoms with E-state index in [0.717, 1.165) is 12.8 Å². The molecule has 21 heavy (non-hydrogen) atoms. The molecule has 7 nitrogen and oxygen atoms in total. The van der Waals surface area contributed by atoms with Crippen molar-refractivity contribution in [2.75, 3.05) is 19.6 Å². The third-order valence-electron chi connectivity index (χ3n) is 3.70. The number of carboxylic acids is 1. The minimum Gasteiger partial charge on any atom is -0.481 e. The predicted molar refractivity (Wildman–Crippen MR) is 77.8 cm³/mol. The van der Waals surface area contributed by atoms with E-state index < -0.39 is 5.97 Å². The summed E-state index contributed by atoms with van der Waals surface area (Å²) in [6.07, 6.45) is 2.23. The van der Waals surface area contributed by atoms with E-state index in [0.29, 0.717) is 32.0 Å². The molecule has 1 rings (SSSR count). The standard InChI is InChI=1S/C14H25N3O4/c1-10(3-4-13(19)20)16-14(21)17-7-5-12(6-8-17)9-15-11(2)18/h10,12H,3-9H2,1-2H3,(H,15,18)(H,16,21)(H,19,20). The number of urea groups is 1. The van der Waals surface area contributed by atoms with Gasteiger partial charge in [0.2, 0.25) is 5.91 Å². The Kier molecular flexibility index (Phi) is 6.98. The molecule has 7 heteroatoms. The van der Waals surface area contributed by atoms with Gasteiger partial charge in [-0.3, -0.25) is 9.59 Å². The molecule has 1 atom stereocenters. The monoisotopic (exact) mass is 299 g/mol. The molecule has 0 saturated carbocycles. The van der Waals surface area contributed by atoms with Gasteiger partial charge >= 0.3 is 12.0 Å². The van der Waals surface area contributed by atoms with Crippen LogP contribution in [0.4, 0.5) is 4.79 Å². The van der Waals surface area contributed by atoms with Crippen LogP contribution in [0, 0.1) is 5.92 Å². The zero-order valence-corrected chi connectivity index (χ0v) is 12.7. The number of carbonyl (C=O) groups is 3. The maximum absolute atomic E-state index is 12.0. The van der Waals surface area contributed by atoms with Gasteiger partial charge in [-0.25, -0.2) is 4.79 Å². The fourth-order valence-electron chi connectivity index (χ4n) is 2.34. The summed E-state index contributed by atoms with van der Waals surface area (Å²) in [6.45, 7) is 5.31. The second kappa shape index (κ2) is 8.49. The van der Waals surface area contributed by atoms with E-state index in [4.69, 9.17) is 5.11 Å². The minimum atomic E-state index is -0.852. The highest BCUT2D eigenvalue weighted by Gasteiger charge is 2.23. The van der Waals surface area contributed by atoms with Crippen molar-refractivity contribution in [3.05, 3.63) is 0 Å². The molecule has 3 amide bonds. The van der Waals surface area contributed by atoms with Gasteiger partial charge in [-0.2, -0.15) is 0 Å². The first kappa shape index (κ1) is 17.3. The third kappa shape index (κ3) is 6.97. The second-order valence-corrected chi connectivity index (χ2v) is 5.65. The molecule has 1 unspecified atom stereocenters. The summed E-state index contributed by atoms with van der Waals surface area (Å²) in [6, 6.07) is -0.281. The quantitative estimate of drug-likeness (QED) is 0.675. The van der Waals surface area contributed by atoms with Crippen LogP contribution in [0.3, 0.4) is 0 Å². The van der Waals surface area contributed by atoms with Gasteiger partial charge in [-0.1, -0.05) is 0 Å². The molecular formula is C14H25N3O4. The lowest BCUT2D eigenvalue weighted by atomic mass is 9.97. The maximum Gasteiger partial charge on any atom is 0.317 e. The number of amides is 3. The van der Waals surface area contributed by atoms with Gasteiger partial charge in [0.1, 0.15) is 0 Å². The first-order chi connectivity index (χ1) is 9.88. The van der Waals surface area contributed by atoms with E-state index in [-0.39, 0.29) is 24.4 Å². The van der Waals surface area contributed by atoms with Crippen LogP contribution in [-0.2, 0) is 9.59 Å². The Morgan fingerprint density at radius 3 is 2.43 bits per heavy atom. The Morgan fingerprint density at radius 2 is 1.90 bits per heavy atom. The van der Waals surface area contributed by atoms with Crippen LogP contribution in [0.25, 0.3) is 0 Å². The minimum absolute atomic E-state index is 0.0255. The summed E-state index contributed by atoms with van der Waals surface area (Å²) < 4.78 is 0. The van der Waals surface area contributed by atoms with E-state index in [1.807, 2.05) is 6.92 Å². The third-order valence-corrected chi connectivity index (χ3v) is 3.70. The lowest BCUT2D eigenvalue weighted by Gasteiger charge is -2.32. The first-order valence-corrected chi connectivity index (χ1v) is 7.40. The Hall–Kier alpha value is -1.79. The van der Waals surface area contributed by atoms with Crippen LogP contribution < -0.4 is 10.6 Å². The molecule has 3 N–H and O–H groups in total. The van der Waals surface area contributed by atoms with Gasteiger partial charge in [-0.15, -0.1) is 0 Å². The molecule has 120 valence electrons. The lowest BCUT2D eigenvalue weighted by molar-refractivity contribution is -0.137. The Balaban J connectivity index is 2.25. The molecule has 0 bridgehead atoms. The first-order valence-electron chi connectivity index (χ1n) is 7.40. The number of likely N-dealkylation sites (tertiary alicyclic amines) is 1. The molecular weight excluding hydrogens is 274 g/mol. The summed E-state index contributed by atoms with van der Waals surface area (Å²) >= 11 is 0. The number of rotatable bonds is 6. The van der Waals surface area contributed by atoms with Crippen LogP contribution in [0.1, 0.15) is 39.5 Å². The average molecular weight is 299 g/mol. The molecule has 0 spiro atoms. The Labute approximate surface area is 125 Å². The molecule has 0 aliphatic carbocycles. The molecule has 1 heterocycles. The maximum atomic E-state index is 12.0. The number of hydrogen-bond donors (Lipinski definition) is 3. The normalized spacial score (nSPS) is 17.1. The van der Waals surface area contributed by atoms with Crippen LogP contribution in [0.15, 0.2) is 0 Å². The highest BCUT2D eigenvalue weighted by molar-refractivity contribution is 5.75. The van der Waals surface area contributed by atoms with E-state index in [1.54, 1.807) is 4.90 Å². The number of hydrogen-bond acceptors (Lipinski definition) is 3. The molecule has 0 aromatic heterocycles. The highest BCUT2D eigenvalue weighted by Crippen LogP contribution is 2.16. The number of nitrogens with one attached hydrogen (secondary N) is 2. The van der Waals surface area contributed by atoms with Gasteiger partial charge < -0.3 is 20.6 Å². The lowest BCUT2D eigenvalue weighted by Crippen LogP contribution is -2.48. The van der Waals surface area contributed by atoms with Crippen molar-refractivity contribution in [3.63, 3.8) is 0 Å². The molecule has 1 saturated heterocycles. The topological polar surface area (TPSA) is 98.7 Å². The zero-order chi connectivity index (χ0) is 15.8. The largest absolute Gasteiger partial charge is 0.481 e. The number of nitrogens with zero attached hydrogens (tertiary/aromatic N) is 1. The fourth-order valence-corrected chi connectivity index (χ4v) is 2.34. The SMILES string of the molecule is CC(=O)NCC1CCN(C(=O)NC(C)CCC(=O)O)CC1. The van der Waals surface area contributed by atoms with Crippen LogP contribution >= 0.6 is 0 Å². The van der Waals surface area contributed by atoms with Crippen molar-refractivity contribution >= 4 is 17.9 Å². The van der Waals surface area contributed by atoms with Gasteiger partial charge in [0.15, 0.2) is 0 Å². The van der Waals surface area contributed by atoms with E-state index >= 15 is 0 Å². The summed E-state index contributed by atoms with van der Waals surface area (Å²) in [7, 11) is 0. The smallest absolute Gasteiger partial charge is 0.317 e. The van der Waals surface area contributed by atoms with Gasteiger partial charge in [0.05, 0.1) is 0 Å². The van der Waals surface area contributed by atoms with Crippen LogP contribution in [0.5, 0.6) is 0 Å². The fraction of sp³-hybridized carbons (Fsp3) is 0.786. The predicted octanol–water partition coefficient (Wildman–Crippen LogP) is 0.797. The van der Waals surface area contributed by atoms with Crippen molar-refractivity contribution in [2.24, 2.45) is 5.92 Å². The van der Waals surface area contributed by atoms with E-state index in [9.17, 15) is 14.4 Å².